The summed E-state index contributed by atoms with van der Waals surface area (Å²) in [5.74, 6) is -0.362. The van der Waals surface area contributed by atoms with Gasteiger partial charge in [0.1, 0.15) is 16.8 Å². The van der Waals surface area contributed by atoms with E-state index in [2.05, 4.69) is 16.7 Å². The van der Waals surface area contributed by atoms with Crippen LogP contribution in [0.15, 0.2) is 36.4 Å². The molecule has 0 atom stereocenters. The number of fused-ring (bicyclic) bond motifs is 1. The number of aryl methyl sites for hydroxylation is 1. The minimum atomic E-state index is -0.416. The average molecular weight is 521 g/mol. The number of carbonyl (C=O) groups excluding carboxylic acids is 2. The van der Waals surface area contributed by atoms with Crippen LogP contribution in [-0.2, 0) is 17.6 Å². The molecule has 0 radical (unpaired) electrons. The van der Waals surface area contributed by atoms with E-state index in [-0.39, 0.29) is 28.2 Å². The van der Waals surface area contributed by atoms with Gasteiger partial charge in [-0.25, -0.2) is 0 Å². The smallest absolute Gasteiger partial charge is 0.262 e. The number of thiophene rings is 1. The number of benzene rings is 2. The first-order chi connectivity index (χ1) is 15.9. The number of rotatable bonds is 6. The summed E-state index contributed by atoms with van der Waals surface area (Å²) in [6, 6.07) is 11.4. The van der Waals surface area contributed by atoms with Crippen molar-refractivity contribution in [2.24, 2.45) is 0 Å². The molecule has 2 aromatic carbocycles. The number of ether oxygens (including phenoxy) is 1. The van der Waals surface area contributed by atoms with Crippen molar-refractivity contribution in [2.75, 3.05) is 17.2 Å². The fourth-order valence-corrected chi connectivity index (χ4v) is 5.64. The van der Waals surface area contributed by atoms with E-state index in [9.17, 15) is 14.9 Å². The van der Waals surface area contributed by atoms with Gasteiger partial charge in [0.15, 0.2) is 6.61 Å². The second-order valence-electron chi connectivity index (χ2n) is 7.23. The van der Waals surface area contributed by atoms with E-state index in [1.54, 1.807) is 24.3 Å². The van der Waals surface area contributed by atoms with Crippen molar-refractivity contribution in [3.05, 3.63) is 73.0 Å². The Balaban J connectivity index is 1.34. The second kappa shape index (κ2) is 10.0. The van der Waals surface area contributed by atoms with E-state index >= 15 is 0 Å². The molecule has 1 aliphatic rings. The van der Waals surface area contributed by atoms with E-state index < -0.39 is 5.91 Å². The van der Waals surface area contributed by atoms with Gasteiger partial charge in [0, 0.05) is 15.5 Å². The molecule has 33 heavy (non-hydrogen) atoms. The lowest BCUT2D eigenvalue weighted by atomic mass is 10.1. The Labute approximate surface area is 209 Å². The van der Waals surface area contributed by atoms with Crippen molar-refractivity contribution in [2.45, 2.75) is 19.3 Å². The molecule has 1 heterocycles. The maximum absolute atomic E-state index is 12.5. The molecule has 2 N–H and O–H groups in total. The Bertz CT molecular complexity index is 1260. The summed E-state index contributed by atoms with van der Waals surface area (Å²) < 4.78 is 5.52. The van der Waals surface area contributed by atoms with Crippen LogP contribution in [0.25, 0.3) is 0 Å². The highest BCUT2D eigenvalue weighted by Gasteiger charge is 2.23. The van der Waals surface area contributed by atoms with Crippen molar-refractivity contribution < 1.29 is 14.3 Å². The van der Waals surface area contributed by atoms with Crippen LogP contribution < -0.4 is 15.4 Å². The molecule has 0 unspecified atom stereocenters. The van der Waals surface area contributed by atoms with Crippen LogP contribution in [-0.4, -0.2) is 18.4 Å². The monoisotopic (exact) mass is 519 g/mol. The molecule has 2 amide bonds. The van der Waals surface area contributed by atoms with E-state index in [1.807, 2.05) is 0 Å². The number of carbonyl (C=O) groups is 2. The highest BCUT2D eigenvalue weighted by Crippen LogP contribution is 2.38. The van der Waals surface area contributed by atoms with Crippen LogP contribution in [0.3, 0.4) is 0 Å². The fourth-order valence-electron chi connectivity index (χ4n) is 3.47. The van der Waals surface area contributed by atoms with Crippen LogP contribution in [0.2, 0.25) is 15.1 Å². The minimum Gasteiger partial charge on any atom is -0.484 e. The molecule has 10 heteroatoms. The molecule has 1 aromatic heterocycles. The molecule has 0 bridgehead atoms. The maximum Gasteiger partial charge on any atom is 0.262 e. The first-order valence-electron chi connectivity index (χ1n) is 9.89. The van der Waals surface area contributed by atoms with Crippen LogP contribution in [0.5, 0.6) is 5.75 Å². The zero-order valence-corrected chi connectivity index (χ0v) is 20.1. The summed E-state index contributed by atoms with van der Waals surface area (Å²) in [5.41, 5.74) is 2.22. The topological polar surface area (TPSA) is 91.2 Å². The highest BCUT2D eigenvalue weighted by molar-refractivity contribution is 7.16. The first kappa shape index (κ1) is 23.4. The molecule has 0 saturated heterocycles. The van der Waals surface area contributed by atoms with Gasteiger partial charge in [-0.1, -0.05) is 34.8 Å². The summed E-state index contributed by atoms with van der Waals surface area (Å²) in [6.45, 7) is -0.227. The Morgan fingerprint density at radius 3 is 2.42 bits per heavy atom. The predicted molar refractivity (Wildman–Crippen MR) is 131 cm³/mol. The van der Waals surface area contributed by atoms with Crippen LogP contribution in [0.4, 0.5) is 10.7 Å². The van der Waals surface area contributed by atoms with Gasteiger partial charge < -0.3 is 15.4 Å². The molecule has 168 valence electrons. The molecule has 4 rings (SSSR count). The van der Waals surface area contributed by atoms with E-state index in [0.29, 0.717) is 26.9 Å². The number of nitriles is 1. The number of halogens is 3. The molecule has 0 saturated carbocycles. The van der Waals surface area contributed by atoms with Gasteiger partial charge in [0.05, 0.1) is 21.3 Å². The third-order valence-electron chi connectivity index (χ3n) is 5.02. The van der Waals surface area contributed by atoms with Gasteiger partial charge in [0.2, 0.25) is 0 Å². The lowest BCUT2D eigenvalue weighted by molar-refractivity contribution is -0.118. The third-order valence-corrected chi connectivity index (χ3v) is 7.04. The van der Waals surface area contributed by atoms with Crippen molar-refractivity contribution >= 4 is 68.6 Å². The minimum absolute atomic E-state index is 0.224. The predicted octanol–water partition coefficient (Wildman–Crippen LogP) is 6.34. The van der Waals surface area contributed by atoms with Crippen molar-refractivity contribution in [1.82, 2.24) is 0 Å². The number of nitrogens with one attached hydrogen (secondary N) is 2. The standard InChI is InChI=1S/C23H16Cl3N3O3S/c24-13-8-17(25)21(18(26)9-13)29-22(31)12-4-6-14(7-5-12)32-11-20(30)28-23-16(10-27)15-2-1-3-19(15)33-23/h4-9H,1-3,11H2,(H,28,30)(H,29,31). The molecule has 0 fully saturated rings. The summed E-state index contributed by atoms with van der Waals surface area (Å²) in [6.07, 6.45) is 2.86. The summed E-state index contributed by atoms with van der Waals surface area (Å²) in [7, 11) is 0. The summed E-state index contributed by atoms with van der Waals surface area (Å²) in [5, 5.41) is 16.2. The normalized spacial score (nSPS) is 12.1. The third kappa shape index (κ3) is 5.26. The van der Waals surface area contributed by atoms with Gasteiger partial charge in [-0.3, -0.25) is 9.59 Å². The molecule has 1 aliphatic carbocycles. The summed E-state index contributed by atoms with van der Waals surface area (Å²) in [4.78, 5) is 26.0. The number of nitrogens with zero attached hydrogens (tertiary/aromatic N) is 1. The molecule has 6 nitrogen and oxygen atoms in total. The lowest BCUT2D eigenvalue weighted by Gasteiger charge is -2.11. The Kier molecular flexibility index (Phi) is 7.11. The number of hydrogen-bond acceptors (Lipinski definition) is 5. The van der Waals surface area contributed by atoms with Gasteiger partial charge in [-0.2, -0.15) is 5.26 Å². The average Bonchev–Trinajstić information content (AvgIpc) is 3.35. The Hall–Kier alpha value is -2.76. The van der Waals surface area contributed by atoms with Crippen molar-refractivity contribution in [3.63, 3.8) is 0 Å². The molecule has 0 aliphatic heterocycles. The van der Waals surface area contributed by atoms with Gasteiger partial charge >= 0.3 is 0 Å². The van der Waals surface area contributed by atoms with Gasteiger partial charge in [0.25, 0.3) is 11.8 Å². The van der Waals surface area contributed by atoms with E-state index in [1.165, 1.54) is 23.5 Å². The van der Waals surface area contributed by atoms with Gasteiger partial charge in [-0.05, 0) is 61.2 Å². The van der Waals surface area contributed by atoms with Crippen LogP contribution >= 0.6 is 46.1 Å². The molecular weight excluding hydrogens is 505 g/mol. The highest BCUT2D eigenvalue weighted by atomic mass is 35.5. The Morgan fingerprint density at radius 2 is 1.76 bits per heavy atom. The van der Waals surface area contributed by atoms with E-state index in [0.717, 1.165) is 29.7 Å². The Morgan fingerprint density at radius 1 is 1.06 bits per heavy atom. The number of anilines is 2. The second-order valence-corrected chi connectivity index (χ2v) is 9.59. The van der Waals surface area contributed by atoms with Crippen molar-refractivity contribution in [3.8, 4) is 11.8 Å². The first-order valence-corrected chi connectivity index (χ1v) is 11.8. The SMILES string of the molecule is N#Cc1c(NC(=O)COc2ccc(C(=O)Nc3c(Cl)cc(Cl)cc3Cl)cc2)sc2c1CCC2. The van der Waals surface area contributed by atoms with Gasteiger partial charge in [-0.15, -0.1) is 11.3 Å². The fraction of sp³-hybridized carbons (Fsp3) is 0.174. The zero-order chi connectivity index (χ0) is 23.5. The largest absolute Gasteiger partial charge is 0.484 e. The molecule has 0 spiro atoms. The number of amides is 2. The number of hydrogen-bond donors (Lipinski definition) is 2. The molecular formula is C23H16Cl3N3O3S. The maximum atomic E-state index is 12.5. The lowest BCUT2D eigenvalue weighted by Crippen LogP contribution is -2.20. The quantitative estimate of drug-likeness (QED) is 0.397. The van der Waals surface area contributed by atoms with Crippen LogP contribution in [0, 0.1) is 11.3 Å². The molecule has 3 aromatic rings. The van der Waals surface area contributed by atoms with E-state index in [4.69, 9.17) is 39.5 Å². The van der Waals surface area contributed by atoms with Crippen molar-refractivity contribution in [1.29, 1.82) is 5.26 Å². The zero-order valence-electron chi connectivity index (χ0n) is 17.0. The van der Waals surface area contributed by atoms with Crippen LogP contribution in [0.1, 0.15) is 32.8 Å². The summed E-state index contributed by atoms with van der Waals surface area (Å²) >= 11 is 19.5.